The summed E-state index contributed by atoms with van der Waals surface area (Å²) < 4.78 is 14.5. The van der Waals surface area contributed by atoms with Gasteiger partial charge in [-0.1, -0.05) is 0 Å². The normalized spacial score (nSPS) is 11.0. The molecule has 0 aliphatic rings. The lowest BCUT2D eigenvalue weighted by molar-refractivity contribution is 0.371. The first-order valence-corrected chi connectivity index (χ1v) is 4.04. The Morgan fingerprint density at radius 3 is 2.13 bits per heavy atom. The maximum Gasteiger partial charge on any atom is 0.289 e. The number of aromatic nitrogens is 2. The molecule has 15 heavy (non-hydrogen) atoms. The predicted octanol–water partition coefficient (Wildman–Crippen LogP) is 0.0864. The van der Waals surface area contributed by atoms with Crippen LogP contribution in [0.2, 0.25) is 0 Å². The van der Waals surface area contributed by atoms with Gasteiger partial charge < -0.3 is 19.9 Å². The van der Waals surface area contributed by atoms with Crippen LogP contribution < -0.4 is 15.2 Å². The summed E-state index contributed by atoms with van der Waals surface area (Å²) in [5, 5.41) is 0. The van der Waals surface area contributed by atoms with E-state index in [0.29, 0.717) is 11.8 Å². The first-order valence-electron chi connectivity index (χ1n) is 4.04. The van der Waals surface area contributed by atoms with Crippen LogP contribution in [-0.4, -0.2) is 37.3 Å². The molecule has 0 aromatic carbocycles. The maximum atomic E-state index is 5.35. The highest BCUT2D eigenvalue weighted by molar-refractivity contribution is 5.73. The van der Waals surface area contributed by atoms with Crippen LogP contribution in [-0.2, 0) is 4.74 Å². The van der Waals surface area contributed by atoms with E-state index in [9.17, 15) is 0 Å². The van der Waals surface area contributed by atoms with Crippen molar-refractivity contribution in [3.8, 4) is 11.8 Å². The van der Waals surface area contributed by atoms with E-state index in [2.05, 4.69) is 19.7 Å². The van der Waals surface area contributed by atoms with Crippen molar-refractivity contribution in [1.29, 1.82) is 0 Å². The van der Waals surface area contributed by atoms with Crippen LogP contribution in [0.3, 0.4) is 0 Å². The fourth-order valence-electron chi connectivity index (χ4n) is 0.796. The summed E-state index contributed by atoms with van der Waals surface area (Å²) in [4.78, 5) is 11.6. The van der Waals surface area contributed by atoms with Crippen molar-refractivity contribution in [2.45, 2.75) is 0 Å². The summed E-state index contributed by atoms with van der Waals surface area (Å²) in [6.45, 7) is 0. The third-order valence-corrected chi connectivity index (χ3v) is 1.50. The van der Waals surface area contributed by atoms with Crippen LogP contribution in [0.25, 0.3) is 0 Å². The van der Waals surface area contributed by atoms with E-state index in [-0.39, 0.29) is 12.0 Å². The van der Waals surface area contributed by atoms with E-state index >= 15 is 0 Å². The molecule has 7 heteroatoms. The lowest BCUT2D eigenvalue weighted by Gasteiger charge is -2.03. The summed E-state index contributed by atoms with van der Waals surface area (Å²) >= 11 is 0. The van der Waals surface area contributed by atoms with E-state index in [4.69, 9.17) is 15.2 Å². The van der Waals surface area contributed by atoms with E-state index in [1.165, 1.54) is 27.4 Å². The van der Waals surface area contributed by atoms with Crippen molar-refractivity contribution < 1.29 is 14.2 Å². The van der Waals surface area contributed by atoms with Crippen molar-refractivity contribution in [2.75, 3.05) is 21.3 Å². The van der Waals surface area contributed by atoms with Gasteiger partial charge in [0.05, 0.1) is 27.4 Å². The number of nitrogens with zero attached hydrogens (tertiary/aromatic N) is 3. The molecular weight excluding hydrogens is 200 g/mol. The molecule has 1 aromatic rings. The lowest BCUT2D eigenvalue weighted by atomic mass is 10.6. The highest BCUT2D eigenvalue weighted by Crippen LogP contribution is 2.18. The molecule has 1 heterocycles. The lowest BCUT2D eigenvalue weighted by Crippen LogP contribution is -2.13. The van der Waals surface area contributed by atoms with Crippen LogP contribution in [0.5, 0.6) is 11.8 Å². The zero-order chi connectivity index (χ0) is 11.3. The smallest absolute Gasteiger partial charge is 0.289 e. The number of nitrogens with two attached hydrogens (primary N) is 1. The van der Waals surface area contributed by atoms with Crippen LogP contribution in [0.1, 0.15) is 0 Å². The number of aliphatic imine (C=N–C) groups is 1. The fourth-order valence-corrected chi connectivity index (χ4v) is 0.796. The van der Waals surface area contributed by atoms with Gasteiger partial charge in [-0.3, -0.25) is 0 Å². The summed E-state index contributed by atoms with van der Waals surface area (Å²) in [5.74, 6) is 0.791. The zero-order valence-electron chi connectivity index (χ0n) is 8.72. The zero-order valence-corrected chi connectivity index (χ0v) is 8.72. The first kappa shape index (κ1) is 11.0. The highest BCUT2D eigenvalue weighted by atomic mass is 16.5. The Balaban J connectivity index is 3.07. The number of amidine groups is 1. The molecule has 1 rings (SSSR count). The van der Waals surface area contributed by atoms with Crippen molar-refractivity contribution in [1.82, 2.24) is 9.97 Å². The molecule has 7 nitrogen and oxygen atoms in total. The van der Waals surface area contributed by atoms with E-state index in [0.717, 1.165) is 0 Å². The van der Waals surface area contributed by atoms with Crippen LogP contribution in [0.4, 0.5) is 5.95 Å². The van der Waals surface area contributed by atoms with Gasteiger partial charge in [-0.2, -0.15) is 15.0 Å². The molecule has 0 aliphatic heterocycles. The summed E-state index contributed by atoms with van der Waals surface area (Å²) in [5.41, 5.74) is 5.35. The number of methoxy groups -OCH3 is 3. The minimum atomic E-state index is -0.0368. The van der Waals surface area contributed by atoms with E-state index in [1.807, 2.05) is 0 Å². The molecule has 0 aliphatic carbocycles. The van der Waals surface area contributed by atoms with Crippen LogP contribution >= 0.6 is 0 Å². The van der Waals surface area contributed by atoms with Crippen molar-refractivity contribution in [2.24, 2.45) is 10.7 Å². The Kier molecular flexibility index (Phi) is 3.67. The first-order chi connectivity index (χ1) is 7.19. The monoisotopic (exact) mass is 212 g/mol. The van der Waals surface area contributed by atoms with Crippen molar-refractivity contribution in [3.63, 3.8) is 0 Å². The number of hydrogen-bond donors (Lipinski definition) is 1. The van der Waals surface area contributed by atoms with Gasteiger partial charge in [0.1, 0.15) is 0 Å². The van der Waals surface area contributed by atoms with Gasteiger partial charge in [0.25, 0.3) is 12.0 Å². The van der Waals surface area contributed by atoms with E-state index in [1.54, 1.807) is 0 Å². The Morgan fingerprint density at radius 2 is 1.73 bits per heavy atom. The molecule has 0 saturated heterocycles. The summed E-state index contributed by atoms with van der Waals surface area (Å²) in [6, 6.07) is 1.49. The Morgan fingerprint density at radius 1 is 1.20 bits per heavy atom. The molecule has 0 radical (unpaired) electrons. The third kappa shape index (κ3) is 2.97. The molecule has 0 fully saturated rings. The molecule has 0 unspecified atom stereocenters. The van der Waals surface area contributed by atoms with Gasteiger partial charge in [0.2, 0.25) is 11.8 Å². The topological polar surface area (TPSA) is 91.9 Å². The highest BCUT2D eigenvalue weighted by Gasteiger charge is 2.04. The molecular formula is C8H12N4O3. The molecule has 0 atom stereocenters. The van der Waals surface area contributed by atoms with Crippen molar-refractivity contribution in [3.05, 3.63) is 6.07 Å². The fraction of sp³-hybridized carbons (Fsp3) is 0.375. The molecule has 1 aromatic heterocycles. The second-order valence-electron chi connectivity index (χ2n) is 2.41. The van der Waals surface area contributed by atoms with Gasteiger partial charge in [0.15, 0.2) is 0 Å². The largest absolute Gasteiger partial charge is 0.481 e. The minimum absolute atomic E-state index is 0.0368. The Labute approximate surface area is 86.9 Å². The second kappa shape index (κ2) is 4.99. The predicted molar refractivity (Wildman–Crippen MR) is 53.4 cm³/mol. The molecule has 82 valence electrons. The summed E-state index contributed by atoms with van der Waals surface area (Å²) in [7, 11) is 4.36. The maximum absolute atomic E-state index is 5.35. The van der Waals surface area contributed by atoms with Crippen LogP contribution in [0.15, 0.2) is 11.1 Å². The molecule has 0 spiro atoms. The number of rotatable bonds is 3. The minimum Gasteiger partial charge on any atom is -0.481 e. The molecule has 0 saturated carbocycles. The SMILES string of the molecule is CO/C(N)=N/c1nc(OC)cc(OC)n1. The summed E-state index contributed by atoms with van der Waals surface area (Å²) in [6.07, 6.45) is 0. The standard InChI is InChI=1S/C8H12N4O3/c1-13-5-4-6(14-2)11-8(10-5)12-7(9)15-3/h4H,1-3H3,(H2,9,10,11,12). The number of ether oxygens (including phenoxy) is 3. The second-order valence-corrected chi connectivity index (χ2v) is 2.41. The van der Waals surface area contributed by atoms with Gasteiger partial charge >= 0.3 is 0 Å². The molecule has 0 bridgehead atoms. The van der Waals surface area contributed by atoms with Gasteiger partial charge in [-0.05, 0) is 0 Å². The Hall–Kier alpha value is -2.05. The van der Waals surface area contributed by atoms with Gasteiger partial charge in [0, 0.05) is 0 Å². The Bertz CT molecular complexity index is 345. The van der Waals surface area contributed by atoms with Crippen LogP contribution in [0, 0.1) is 0 Å². The quantitative estimate of drug-likeness (QED) is 0.563. The average Bonchev–Trinajstić information content (AvgIpc) is 2.28. The average molecular weight is 212 g/mol. The van der Waals surface area contributed by atoms with Gasteiger partial charge in [-0.25, -0.2) is 0 Å². The van der Waals surface area contributed by atoms with Crippen molar-refractivity contribution >= 4 is 12.0 Å². The molecule has 2 N–H and O–H groups in total. The van der Waals surface area contributed by atoms with Gasteiger partial charge in [-0.15, -0.1) is 0 Å². The third-order valence-electron chi connectivity index (χ3n) is 1.50. The number of hydrogen-bond acceptors (Lipinski definition) is 6. The molecule has 0 amide bonds. The van der Waals surface area contributed by atoms with E-state index < -0.39 is 0 Å².